The number of carbonyl (C=O) groups is 1. The molecule has 1 aromatic heterocycles. The zero-order valence-electron chi connectivity index (χ0n) is 17.7. The monoisotopic (exact) mass is 434 g/mol. The van der Waals surface area contributed by atoms with Crippen LogP contribution in [-0.2, 0) is 17.8 Å². The number of nitrogens with one attached hydrogen (secondary N) is 1. The van der Waals surface area contributed by atoms with E-state index in [2.05, 4.69) is 0 Å². The van der Waals surface area contributed by atoms with Crippen LogP contribution < -0.4 is 10.5 Å². The van der Waals surface area contributed by atoms with Crippen molar-refractivity contribution < 1.29 is 19.5 Å². The SMILES string of the molecule is CC(C)(C)OC(=O)N1CC[NH+](Cc2ccn(Cc3ccc(Cl)cc3)c(=O)c2O)CC1. The fraction of sp³-hybridized carbons (Fsp3) is 0.455. The first-order valence-electron chi connectivity index (χ1n) is 10.1. The Bertz CT molecular complexity index is 942. The number of hydrogen-bond donors (Lipinski definition) is 2. The average Bonchev–Trinajstić information content (AvgIpc) is 2.68. The van der Waals surface area contributed by atoms with Crippen LogP contribution in [0.3, 0.4) is 0 Å². The lowest BCUT2D eigenvalue weighted by Crippen LogP contribution is -3.13. The molecule has 8 heteroatoms. The minimum Gasteiger partial charge on any atom is -0.503 e. The Balaban J connectivity index is 1.60. The van der Waals surface area contributed by atoms with E-state index in [1.807, 2.05) is 32.9 Å². The normalized spacial score (nSPS) is 15.3. The molecule has 0 saturated carbocycles. The molecule has 1 aliphatic rings. The number of halogens is 1. The molecular formula is C22H29ClN3O4+. The summed E-state index contributed by atoms with van der Waals surface area (Å²) >= 11 is 5.90. The van der Waals surface area contributed by atoms with Gasteiger partial charge in [0.25, 0.3) is 5.56 Å². The first-order valence-corrected chi connectivity index (χ1v) is 10.5. The molecule has 0 bridgehead atoms. The molecule has 0 radical (unpaired) electrons. The number of aromatic nitrogens is 1. The van der Waals surface area contributed by atoms with Crippen molar-refractivity contribution in [2.24, 2.45) is 0 Å². The summed E-state index contributed by atoms with van der Waals surface area (Å²) in [6.45, 7) is 9.07. The summed E-state index contributed by atoms with van der Waals surface area (Å²) in [6, 6.07) is 9.05. The summed E-state index contributed by atoms with van der Waals surface area (Å²) in [4.78, 5) is 27.7. The number of benzene rings is 1. The summed E-state index contributed by atoms with van der Waals surface area (Å²) in [7, 11) is 0. The summed E-state index contributed by atoms with van der Waals surface area (Å²) < 4.78 is 6.90. The minimum atomic E-state index is -0.511. The molecule has 0 atom stereocenters. The van der Waals surface area contributed by atoms with Crippen LogP contribution in [0.15, 0.2) is 41.3 Å². The molecule has 1 fully saturated rings. The van der Waals surface area contributed by atoms with Crippen LogP contribution in [0.5, 0.6) is 5.75 Å². The highest BCUT2D eigenvalue weighted by molar-refractivity contribution is 6.30. The van der Waals surface area contributed by atoms with Gasteiger partial charge in [0.2, 0.25) is 0 Å². The van der Waals surface area contributed by atoms with Crippen molar-refractivity contribution in [1.82, 2.24) is 9.47 Å². The van der Waals surface area contributed by atoms with Crippen LogP contribution in [0.2, 0.25) is 5.02 Å². The van der Waals surface area contributed by atoms with Crippen molar-refractivity contribution in [3.8, 4) is 5.75 Å². The maximum atomic E-state index is 12.6. The largest absolute Gasteiger partial charge is 0.503 e. The van der Waals surface area contributed by atoms with E-state index in [1.54, 1.807) is 29.3 Å². The predicted octanol–water partition coefficient (Wildman–Crippen LogP) is 1.89. The number of nitrogens with zero attached hydrogens (tertiary/aromatic N) is 2. The molecule has 2 heterocycles. The zero-order valence-corrected chi connectivity index (χ0v) is 18.4. The Morgan fingerprint density at radius 3 is 2.40 bits per heavy atom. The van der Waals surface area contributed by atoms with Crippen molar-refractivity contribution >= 4 is 17.7 Å². The van der Waals surface area contributed by atoms with E-state index in [0.29, 0.717) is 36.8 Å². The third-order valence-corrected chi connectivity index (χ3v) is 5.30. The van der Waals surface area contributed by atoms with Gasteiger partial charge in [0.15, 0.2) is 5.75 Å². The predicted molar refractivity (Wildman–Crippen MR) is 115 cm³/mol. The Labute approximate surface area is 181 Å². The Morgan fingerprint density at radius 2 is 1.80 bits per heavy atom. The molecule has 30 heavy (non-hydrogen) atoms. The number of hydrogen-bond acceptors (Lipinski definition) is 4. The molecule has 3 rings (SSSR count). The topological polar surface area (TPSA) is 76.2 Å². The number of pyridine rings is 1. The van der Waals surface area contributed by atoms with Crippen molar-refractivity contribution in [3.05, 3.63) is 63.0 Å². The summed E-state index contributed by atoms with van der Waals surface area (Å²) in [5, 5.41) is 11.1. The van der Waals surface area contributed by atoms with Crippen LogP contribution in [0.1, 0.15) is 31.9 Å². The Hall–Kier alpha value is -2.51. The van der Waals surface area contributed by atoms with Crippen molar-refractivity contribution in [2.45, 2.75) is 39.5 Å². The molecule has 1 saturated heterocycles. The molecule has 2 aromatic rings. The van der Waals surface area contributed by atoms with Crippen molar-refractivity contribution in [3.63, 3.8) is 0 Å². The molecular weight excluding hydrogens is 406 g/mol. The van der Waals surface area contributed by atoms with E-state index in [-0.39, 0.29) is 11.8 Å². The van der Waals surface area contributed by atoms with Gasteiger partial charge in [0, 0.05) is 11.2 Å². The molecule has 0 spiro atoms. The van der Waals surface area contributed by atoms with Gasteiger partial charge in [0.05, 0.1) is 38.3 Å². The summed E-state index contributed by atoms with van der Waals surface area (Å²) in [5.41, 5.74) is 0.628. The maximum Gasteiger partial charge on any atom is 0.410 e. The van der Waals surface area contributed by atoms with Gasteiger partial charge in [0.1, 0.15) is 12.1 Å². The van der Waals surface area contributed by atoms with Gasteiger partial charge in [-0.2, -0.15) is 0 Å². The molecule has 0 unspecified atom stereocenters. The molecule has 1 amide bonds. The maximum absolute atomic E-state index is 12.6. The lowest BCUT2D eigenvalue weighted by atomic mass is 10.2. The molecule has 2 N–H and O–H groups in total. The van der Waals surface area contributed by atoms with Gasteiger partial charge < -0.3 is 19.3 Å². The van der Waals surface area contributed by atoms with E-state index >= 15 is 0 Å². The first-order chi connectivity index (χ1) is 14.1. The second-order valence-electron chi connectivity index (χ2n) is 8.64. The van der Waals surface area contributed by atoms with E-state index in [0.717, 1.165) is 18.7 Å². The van der Waals surface area contributed by atoms with Crippen LogP contribution in [0.25, 0.3) is 0 Å². The van der Waals surface area contributed by atoms with E-state index in [9.17, 15) is 14.7 Å². The highest BCUT2D eigenvalue weighted by Crippen LogP contribution is 2.13. The lowest BCUT2D eigenvalue weighted by Gasteiger charge is -2.33. The molecule has 1 aliphatic heterocycles. The van der Waals surface area contributed by atoms with Gasteiger partial charge in [-0.15, -0.1) is 0 Å². The zero-order chi connectivity index (χ0) is 21.9. The number of piperazine rings is 1. The van der Waals surface area contributed by atoms with Crippen LogP contribution >= 0.6 is 11.6 Å². The quantitative estimate of drug-likeness (QED) is 0.770. The van der Waals surface area contributed by atoms with Gasteiger partial charge in [-0.1, -0.05) is 23.7 Å². The number of amides is 1. The Kier molecular flexibility index (Phi) is 6.73. The second kappa shape index (κ2) is 9.10. The third kappa shape index (κ3) is 5.77. The van der Waals surface area contributed by atoms with Gasteiger partial charge in [-0.3, -0.25) is 9.69 Å². The van der Waals surface area contributed by atoms with Crippen LogP contribution in [0.4, 0.5) is 4.79 Å². The van der Waals surface area contributed by atoms with Gasteiger partial charge >= 0.3 is 6.09 Å². The number of rotatable bonds is 4. The number of aromatic hydroxyl groups is 1. The van der Waals surface area contributed by atoms with Gasteiger partial charge in [-0.05, 0) is 44.5 Å². The fourth-order valence-electron chi connectivity index (χ4n) is 3.43. The summed E-state index contributed by atoms with van der Waals surface area (Å²) in [6.07, 6.45) is 1.41. The highest BCUT2D eigenvalue weighted by atomic mass is 35.5. The summed E-state index contributed by atoms with van der Waals surface area (Å²) in [5.74, 6) is -0.214. The minimum absolute atomic E-state index is 0.214. The number of quaternary nitrogens is 1. The Morgan fingerprint density at radius 1 is 1.17 bits per heavy atom. The number of ether oxygens (including phenoxy) is 1. The highest BCUT2D eigenvalue weighted by Gasteiger charge is 2.28. The molecule has 7 nitrogen and oxygen atoms in total. The number of carbonyl (C=O) groups excluding carboxylic acids is 1. The average molecular weight is 435 g/mol. The fourth-order valence-corrected chi connectivity index (χ4v) is 3.56. The van der Waals surface area contributed by atoms with Crippen molar-refractivity contribution in [1.29, 1.82) is 0 Å². The first kappa shape index (κ1) is 22.2. The molecule has 0 aliphatic carbocycles. The van der Waals surface area contributed by atoms with E-state index < -0.39 is 11.2 Å². The van der Waals surface area contributed by atoms with E-state index in [1.165, 1.54) is 9.47 Å². The second-order valence-corrected chi connectivity index (χ2v) is 9.08. The molecule has 162 valence electrons. The smallest absolute Gasteiger partial charge is 0.410 e. The van der Waals surface area contributed by atoms with Crippen LogP contribution in [-0.4, -0.2) is 52.4 Å². The standard InChI is InChI=1S/C22H28ClN3O4/c1-22(2,3)30-21(29)25-12-10-24(11-13-25)15-17-8-9-26(20(28)19(17)27)14-16-4-6-18(23)7-5-16/h4-9,27H,10-15H2,1-3H3/p+1. The van der Waals surface area contributed by atoms with Crippen LogP contribution in [0, 0.1) is 0 Å². The van der Waals surface area contributed by atoms with E-state index in [4.69, 9.17) is 16.3 Å². The van der Waals surface area contributed by atoms with Gasteiger partial charge in [-0.25, -0.2) is 4.79 Å². The third-order valence-electron chi connectivity index (χ3n) is 5.05. The lowest BCUT2D eigenvalue weighted by molar-refractivity contribution is -0.917. The van der Waals surface area contributed by atoms with Crippen molar-refractivity contribution in [2.75, 3.05) is 26.2 Å². The molecule has 1 aromatic carbocycles.